The molecule has 1 atom stereocenters. The summed E-state index contributed by atoms with van der Waals surface area (Å²) in [5, 5.41) is 0. The van der Waals surface area contributed by atoms with Gasteiger partial charge < -0.3 is 9.47 Å². The van der Waals surface area contributed by atoms with Gasteiger partial charge in [0.15, 0.2) is 0 Å². The summed E-state index contributed by atoms with van der Waals surface area (Å²) in [5.74, 6) is 0.199. The molecule has 31 heavy (non-hydrogen) atoms. The highest BCUT2D eigenvalue weighted by molar-refractivity contribution is 9.10. The van der Waals surface area contributed by atoms with Gasteiger partial charge in [0.1, 0.15) is 25.0 Å². The third kappa shape index (κ3) is 5.03. The minimum Gasteiger partial charge on any atom is -0.488 e. The first-order chi connectivity index (χ1) is 15.1. The third-order valence-electron chi connectivity index (χ3n) is 4.91. The van der Waals surface area contributed by atoms with Gasteiger partial charge in [0, 0.05) is 16.1 Å². The van der Waals surface area contributed by atoms with Gasteiger partial charge in [-0.05, 0) is 35.4 Å². The second-order valence-corrected chi connectivity index (χ2v) is 7.92. The normalized spacial score (nSPS) is 15.8. The minimum absolute atomic E-state index is 0.144. The van der Waals surface area contributed by atoms with Gasteiger partial charge in [-0.25, -0.2) is 9.69 Å². The van der Waals surface area contributed by atoms with Crippen LogP contribution in [0.4, 0.5) is 4.79 Å². The highest BCUT2D eigenvalue weighted by Gasteiger charge is 2.37. The van der Waals surface area contributed by atoms with E-state index in [4.69, 9.17) is 9.47 Å². The van der Waals surface area contributed by atoms with Crippen molar-refractivity contribution >= 4 is 34.0 Å². The standard InChI is InChI=1S/C25H20BrNO4/c26-21-12-13-23(30-16-18-7-3-1-4-8-18)20(15-21)11-14-24(28)27-22(17-31-25(27)29)19-9-5-2-6-10-19/h1-15,22H,16-17H2/t22-/m0/s1. The molecule has 0 saturated carbocycles. The predicted octanol–water partition coefficient (Wildman–Crippen LogP) is 5.76. The molecule has 1 fully saturated rings. The lowest BCUT2D eigenvalue weighted by atomic mass is 10.1. The van der Waals surface area contributed by atoms with Crippen LogP contribution in [0.5, 0.6) is 5.75 Å². The van der Waals surface area contributed by atoms with Gasteiger partial charge >= 0.3 is 6.09 Å². The lowest BCUT2D eigenvalue weighted by Gasteiger charge is -2.18. The molecule has 3 aromatic carbocycles. The van der Waals surface area contributed by atoms with Gasteiger partial charge in [-0.2, -0.15) is 0 Å². The van der Waals surface area contributed by atoms with Crippen LogP contribution in [-0.4, -0.2) is 23.5 Å². The van der Waals surface area contributed by atoms with Gasteiger partial charge in [-0.3, -0.25) is 4.79 Å². The second-order valence-electron chi connectivity index (χ2n) is 7.00. The van der Waals surface area contributed by atoms with Crippen LogP contribution < -0.4 is 4.74 Å². The van der Waals surface area contributed by atoms with Crippen molar-refractivity contribution in [2.24, 2.45) is 0 Å². The largest absolute Gasteiger partial charge is 0.488 e. The lowest BCUT2D eigenvalue weighted by Crippen LogP contribution is -2.32. The van der Waals surface area contributed by atoms with E-state index in [9.17, 15) is 9.59 Å². The second kappa shape index (κ2) is 9.62. The summed E-state index contributed by atoms with van der Waals surface area (Å²) < 4.78 is 12.0. The third-order valence-corrected chi connectivity index (χ3v) is 5.40. The fourth-order valence-electron chi connectivity index (χ4n) is 3.34. The number of imide groups is 1. The number of hydrogen-bond donors (Lipinski definition) is 0. The average molecular weight is 478 g/mol. The molecule has 156 valence electrons. The summed E-state index contributed by atoms with van der Waals surface area (Å²) in [5.41, 5.74) is 2.62. The van der Waals surface area contributed by atoms with Crippen molar-refractivity contribution in [3.63, 3.8) is 0 Å². The molecular weight excluding hydrogens is 458 g/mol. The quantitative estimate of drug-likeness (QED) is 0.423. The van der Waals surface area contributed by atoms with E-state index in [1.807, 2.05) is 78.9 Å². The van der Waals surface area contributed by atoms with E-state index in [0.29, 0.717) is 12.4 Å². The zero-order valence-electron chi connectivity index (χ0n) is 16.6. The van der Waals surface area contributed by atoms with Crippen molar-refractivity contribution in [3.8, 4) is 5.75 Å². The van der Waals surface area contributed by atoms with Crippen molar-refractivity contribution in [1.82, 2.24) is 4.90 Å². The zero-order valence-corrected chi connectivity index (χ0v) is 18.2. The Morgan fingerprint density at radius 2 is 1.77 bits per heavy atom. The molecule has 0 N–H and O–H groups in total. The van der Waals surface area contributed by atoms with Crippen LogP contribution in [0.3, 0.4) is 0 Å². The Balaban J connectivity index is 1.52. The molecule has 0 aliphatic carbocycles. The molecule has 1 saturated heterocycles. The molecule has 1 heterocycles. The number of benzene rings is 3. The van der Waals surface area contributed by atoms with Gasteiger partial charge in [0.05, 0.1) is 0 Å². The maximum absolute atomic E-state index is 12.9. The first-order valence-corrected chi connectivity index (χ1v) is 10.6. The molecule has 4 rings (SSSR count). The molecule has 1 aliphatic rings. The van der Waals surface area contributed by atoms with Crippen LogP contribution in [0.2, 0.25) is 0 Å². The monoisotopic (exact) mass is 477 g/mol. The molecular formula is C25H20BrNO4. The van der Waals surface area contributed by atoms with Crippen LogP contribution in [0.25, 0.3) is 6.08 Å². The topological polar surface area (TPSA) is 55.8 Å². The predicted molar refractivity (Wildman–Crippen MR) is 121 cm³/mol. The molecule has 2 amide bonds. The van der Waals surface area contributed by atoms with E-state index in [1.54, 1.807) is 6.08 Å². The Morgan fingerprint density at radius 3 is 2.52 bits per heavy atom. The van der Waals surface area contributed by atoms with Gasteiger partial charge in [0.25, 0.3) is 5.91 Å². The number of hydrogen-bond acceptors (Lipinski definition) is 4. The maximum Gasteiger partial charge on any atom is 0.417 e. The van der Waals surface area contributed by atoms with Gasteiger partial charge in [-0.1, -0.05) is 76.6 Å². The molecule has 0 spiro atoms. The Hall–Kier alpha value is -3.38. The van der Waals surface area contributed by atoms with E-state index in [2.05, 4.69) is 15.9 Å². The summed E-state index contributed by atoms with van der Waals surface area (Å²) in [7, 11) is 0. The Morgan fingerprint density at radius 1 is 1.06 bits per heavy atom. The van der Waals surface area contributed by atoms with Crippen LogP contribution in [-0.2, 0) is 16.1 Å². The van der Waals surface area contributed by atoms with E-state index in [-0.39, 0.29) is 6.61 Å². The van der Waals surface area contributed by atoms with Gasteiger partial charge in [0.2, 0.25) is 0 Å². The van der Waals surface area contributed by atoms with Crippen molar-refractivity contribution in [3.05, 3.63) is 106 Å². The van der Waals surface area contributed by atoms with Crippen molar-refractivity contribution in [2.45, 2.75) is 12.6 Å². The van der Waals surface area contributed by atoms with Crippen molar-refractivity contribution in [1.29, 1.82) is 0 Å². The van der Waals surface area contributed by atoms with E-state index < -0.39 is 18.0 Å². The Kier molecular flexibility index (Phi) is 6.48. The summed E-state index contributed by atoms with van der Waals surface area (Å²) in [4.78, 5) is 26.2. The van der Waals surface area contributed by atoms with Crippen molar-refractivity contribution < 1.29 is 19.1 Å². The van der Waals surface area contributed by atoms with E-state index in [1.165, 1.54) is 6.08 Å². The summed E-state index contributed by atoms with van der Waals surface area (Å²) in [6.07, 6.45) is 2.39. The number of nitrogens with zero attached hydrogens (tertiary/aromatic N) is 1. The molecule has 0 aromatic heterocycles. The smallest absolute Gasteiger partial charge is 0.417 e. The SMILES string of the molecule is O=C(C=Cc1cc(Br)ccc1OCc1ccccc1)N1C(=O)OC[C@H]1c1ccccc1. The summed E-state index contributed by atoms with van der Waals surface area (Å²) >= 11 is 3.46. The number of rotatable bonds is 6. The van der Waals surface area contributed by atoms with Crippen LogP contribution in [0.1, 0.15) is 22.7 Å². The number of cyclic esters (lactones) is 1. The first-order valence-electron chi connectivity index (χ1n) is 9.81. The number of halogens is 1. The van der Waals surface area contributed by atoms with Crippen LogP contribution >= 0.6 is 15.9 Å². The average Bonchev–Trinajstić information content (AvgIpc) is 3.19. The number of carbonyl (C=O) groups is 2. The Labute approximate surface area is 189 Å². The number of amides is 2. The summed E-state index contributed by atoms with van der Waals surface area (Å²) in [6.45, 7) is 0.552. The van der Waals surface area contributed by atoms with Crippen LogP contribution in [0.15, 0.2) is 89.4 Å². The molecule has 0 unspecified atom stereocenters. The van der Waals surface area contributed by atoms with Crippen molar-refractivity contribution in [2.75, 3.05) is 6.61 Å². The van der Waals surface area contributed by atoms with E-state index >= 15 is 0 Å². The Bertz CT molecular complexity index is 1100. The van der Waals surface area contributed by atoms with Gasteiger partial charge in [-0.15, -0.1) is 0 Å². The fraction of sp³-hybridized carbons (Fsp3) is 0.120. The first kappa shape index (κ1) is 20.9. The number of carbonyl (C=O) groups excluding carboxylic acids is 2. The minimum atomic E-state index is -0.640. The fourth-order valence-corrected chi connectivity index (χ4v) is 3.72. The summed E-state index contributed by atoms with van der Waals surface area (Å²) in [6, 6.07) is 24.4. The molecule has 6 heteroatoms. The highest BCUT2D eigenvalue weighted by atomic mass is 79.9. The number of ether oxygens (including phenoxy) is 2. The molecule has 0 bridgehead atoms. The molecule has 0 radical (unpaired) electrons. The van der Waals surface area contributed by atoms with E-state index in [0.717, 1.165) is 26.1 Å². The zero-order chi connectivity index (χ0) is 21.6. The lowest BCUT2D eigenvalue weighted by molar-refractivity contribution is -0.124. The molecule has 1 aliphatic heterocycles. The maximum atomic E-state index is 12.9. The van der Waals surface area contributed by atoms with Crippen LogP contribution in [0, 0.1) is 0 Å². The highest BCUT2D eigenvalue weighted by Crippen LogP contribution is 2.29. The molecule has 3 aromatic rings. The molecule has 5 nitrogen and oxygen atoms in total.